The molecule has 1 aliphatic heterocycles. The fourth-order valence-electron chi connectivity index (χ4n) is 3.40. The van der Waals surface area contributed by atoms with E-state index in [1.807, 2.05) is 55.5 Å². The van der Waals surface area contributed by atoms with Gasteiger partial charge in [-0.25, -0.2) is 0 Å². The second-order valence-corrected chi connectivity index (χ2v) is 8.99. The van der Waals surface area contributed by atoms with E-state index in [1.165, 1.54) is 0 Å². The van der Waals surface area contributed by atoms with Gasteiger partial charge in [0.25, 0.3) is 0 Å². The second kappa shape index (κ2) is 9.78. The van der Waals surface area contributed by atoms with E-state index in [1.54, 1.807) is 16.7 Å². The minimum atomic E-state index is -0.685. The van der Waals surface area contributed by atoms with Gasteiger partial charge in [-0.15, -0.1) is 10.2 Å². The number of fused-ring (bicyclic) bond motifs is 3. The maximum absolute atomic E-state index is 13.1. The number of hydrogen-bond donors (Lipinski definition) is 0. The smallest absolute Gasteiger partial charge is 0.247 e. The summed E-state index contributed by atoms with van der Waals surface area (Å²) in [4.78, 5) is 19.5. The molecule has 4 rings (SSSR count). The Bertz CT molecular complexity index is 1090. The molecule has 1 atom stereocenters. The number of carbonyl (C=O) groups excluding carboxylic acids is 1. The van der Waals surface area contributed by atoms with Crippen LogP contribution in [0.4, 0.5) is 5.69 Å². The second-order valence-electron chi connectivity index (χ2n) is 7.08. The molecule has 0 saturated carbocycles. The number of carbonyl (C=O) groups is 1. The summed E-state index contributed by atoms with van der Waals surface area (Å²) in [5, 5.41) is 9.36. The summed E-state index contributed by atoms with van der Waals surface area (Å²) in [6.07, 6.45) is 1.84. The van der Waals surface area contributed by atoms with Crippen LogP contribution in [-0.2, 0) is 4.79 Å². The first-order valence-electron chi connectivity index (χ1n) is 10.3. The van der Waals surface area contributed by atoms with Crippen LogP contribution in [0.15, 0.2) is 58.2 Å². The van der Waals surface area contributed by atoms with Crippen LogP contribution in [-0.4, -0.2) is 26.8 Å². The van der Waals surface area contributed by atoms with Crippen LogP contribution in [0.2, 0.25) is 0 Å². The third-order valence-corrected chi connectivity index (χ3v) is 6.63. The van der Waals surface area contributed by atoms with Crippen LogP contribution in [0, 0.1) is 0 Å². The molecule has 2 aromatic carbocycles. The van der Waals surface area contributed by atoms with Gasteiger partial charge in [0.05, 0.1) is 5.69 Å². The molecule has 0 radical (unpaired) electrons. The molecule has 1 aromatic heterocycles. The summed E-state index contributed by atoms with van der Waals surface area (Å²) in [5.41, 5.74) is 2.89. The van der Waals surface area contributed by atoms with Gasteiger partial charge in [-0.1, -0.05) is 84.4 Å². The standard InChI is InChI=1S/C23H23BrN4O2S/c1-3-5-14-31-23-25-21-20(26-27-23)16-11-7-9-13-18(16)28(19(29)4-2)22(30-21)15-10-6-8-12-17(15)24/h6-13,22H,3-5,14H2,1-2H3/t22-/m0/s1. The summed E-state index contributed by atoms with van der Waals surface area (Å²) in [6.45, 7) is 4.00. The van der Waals surface area contributed by atoms with Gasteiger partial charge in [-0.05, 0) is 18.6 Å². The van der Waals surface area contributed by atoms with Crippen molar-refractivity contribution in [3.05, 3.63) is 58.6 Å². The van der Waals surface area contributed by atoms with E-state index >= 15 is 0 Å². The number of thioether (sulfide) groups is 1. The number of halogens is 1. The summed E-state index contributed by atoms with van der Waals surface area (Å²) >= 11 is 5.19. The average molecular weight is 499 g/mol. The molecule has 0 saturated heterocycles. The van der Waals surface area contributed by atoms with Crippen molar-refractivity contribution in [1.82, 2.24) is 15.2 Å². The average Bonchev–Trinajstić information content (AvgIpc) is 2.93. The first kappa shape index (κ1) is 21.8. The maximum Gasteiger partial charge on any atom is 0.247 e. The van der Waals surface area contributed by atoms with Crippen molar-refractivity contribution in [3.8, 4) is 17.1 Å². The molecule has 8 heteroatoms. The Labute approximate surface area is 194 Å². The lowest BCUT2D eigenvalue weighted by Crippen LogP contribution is -2.37. The quantitative estimate of drug-likeness (QED) is 0.305. The molecule has 0 unspecified atom stereocenters. The highest BCUT2D eigenvalue weighted by atomic mass is 79.9. The number of amides is 1. The fourth-order valence-corrected chi connectivity index (χ4v) is 4.74. The van der Waals surface area contributed by atoms with Gasteiger partial charge >= 0.3 is 0 Å². The van der Waals surface area contributed by atoms with Gasteiger partial charge < -0.3 is 4.74 Å². The van der Waals surface area contributed by atoms with E-state index in [2.05, 4.69) is 38.0 Å². The van der Waals surface area contributed by atoms with E-state index in [9.17, 15) is 4.79 Å². The molecule has 0 aliphatic carbocycles. The molecular formula is C23H23BrN4O2S. The number of anilines is 1. The minimum Gasteiger partial charge on any atom is -0.447 e. The highest BCUT2D eigenvalue weighted by Gasteiger charge is 2.36. The summed E-state index contributed by atoms with van der Waals surface area (Å²) < 4.78 is 7.29. The van der Waals surface area contributed by atoms with Crippen molar-refractivity contribution in [2.45, 2.75) is 44.5 Å². The van der Waals surface area contributed by atoms with E-state index in [4.69, 9.17) is 4.74 Å². The molecule has 160 valence electrons. The van der Waals surface area contributed by atoms with Crippen molar-refractivity contribution >= 4 is 39.3 Å². The number of ether oxygens (including phenoxy) is 1. The zero-order chi connectivity index (χ0) is 21.8. The minimum absolute atomic E-state index is 0.0495. The first-order chi connectivity index (χ1) is 15.1. The number of hydrogen-bond acceptors (Lipinski definition) is 6. The van der Waals surface area contributed by atoms with E-state index in [0.717, 1.165) is 39.9 Å². The largest absolute Gasteiger partial charge is 0.447 e. The normalized spacial score (nSPS) is 14.9. The molecule has 1 amide bonds. The first-order valence-corrected chi connectivity index (χ1v) is 12.1. The third kappa shape index (κ3) is 4.45. The molecule has 6 nitrogen and oxygen atoms in total. The van der Waals surface area contributed by atoms with Crippen molar-refractivity contribution in [1.29, 1.82) is 0 Å². The van der Waals surface area contributed by atoms with Crippen molar-refractivity contribution < 1.29 is 9.53 Å². The number of rotatable bonds is 6. The zero-order valence-electron chi connectivity index (χ0n) is 17.4. The highest BCUT2D eigenvalue weighted by Crippen LogP contribution is 2.44. The number of aromatic nitrogens is 3. The predicted molar refractivity (Wildman–Crippen MR) is 126 cm³/mol. The van der Waals surface area contributed by atoms with E-state index < -0.39 is 6.23 Å². The topological polar surface area (TPSA) is 68.2 Å². The van der Waals surface area contributed by atoms with E-state index in [-0.39, 0.29) is 5.91 Å². The SMILES string of the molecule is CCCCSc1nnc2c(n1)O[C@@H](c1ccccc1Br)N(C(=O)CC)c1ccccc1-2. The van der Waals surface area contributed by atoms with Crippen LogP contribution in [0.25, 0.3) is 11.3 Å². The lowest BCUT2D eigenvalue weighted by molar-refractivity contribution is -0.120. The molecule has 2 heterocycles. The van der Waals surface area contributed by atoms with Gasteiger partial charge in [-0.3, -0.25) is 9.69 Å². The van der Waals surface area contributed by atoms with Gasteiger partial charge in [0.15, 0.2) is 5.69 Å². The monoisotopic (exact) mass is 498 g/mol. The van der Waals surface area contributed by atoms with Crippen LogP contribution < -0.4 is 9.64 Å². The molecule has 0 spiro atoms. The Morgan fingerprint density at radius 2 is 1.90 bits per heavy atom. The molecule has 0 N–H and O–H groups in total. The van der Waals surface area contributed by atoms with Crippen LogP contribution in [0.5, 0.6) is 5.88 Å². The number of unbranched alkanes of at least 4 members (excludes halogenated alkanes) is 1. The van der Waals surface area contributed by atoms with Crippen LogP contribution >= 0.6 is 27.7 Å². The van der Waals surface area contributed by atoms with Crippen LogP contribution in [0.3, 0.4) is 0 Å². The summed E-state index contributed by atoms with van der Waals surface area (Å²) in [7, 11) is 0. The van der Waals surface area contributed by atoms with Gasteiger partial charge in [0.1, 0.15) is 0 Å². The fraction of sp³-hybridized carbons (Fsp3) is 0.304. The Hall–Kier alpha value is -2.45. The summed E-state index contributed by atoms with van der Waals surface area (Å²) in [5.74, 6) is 1.25. The van der Waals surface area contributed by atoms with Crippen molar-refractivity contribution in [2.24, 2.45) is 0 Å². The van der Waals surface area contributed by atoms with Gasteiger partial charge in [0, 0.05) is 27.8 Å². The Morgan fingerprint density at radius 3 is 2.68 bits per heavy atom. The van der Waals surface area contributed by atoms with Crippen LogP contribution in [0.1, 0.15) is 44.9 Å². The summed E-state index contributed by atoms with van der Waals surface area (Å²) in [6, 6.07) is 15.4. The zero-order valence-corrected chi connectivity index (χ0v) is 19.8. The molecule has 3 aromatic rings. The van der Waals surface area contributed by atoms with E-state index in [0.29, 0.717) is 23.2 Å². The Morgan fingerprint density at radius 1 is 1.13 bits per heavy atom. The van der Waals surface area contributed by atoms with Gasteiger partial charge in [0.2, 0.25) is 23.2 Å². The predicted octanol–water partition coefficient (Wildman–Crippen LogP) is 6.03. The molecule has 0 bridgehead atoms. The Kier molecular flexibility index (Phi) is 6.87. The highest BCUT2D eigenvalue weighted by molar-refractivity contribution is 9.10. The number of para-hydroxylation sites is 1. The van der Waals surface area contributed by atoms with Crippen molar-refractivity contribution in [2.75, 3.05) is 10.7 Å². The molecule has 1 aliphatic rings. The van der Waals surface area contributed by atoms with Gasteiger partial charge in [-0.2, -0.15) is 4.98 Å². The third-order valence-electron chi connectivity index (χ3n) is 4.98. The number of nitrogens with zero attached hydrogens (tertiary/aromatic N) is 4. The molecule has 31 heavy (non-hydrogen) atoms. The molecule has 0 fully saturated rings. The molecular weight excluding hydrogens is 476 g/mol. The number of benzene rings is 2. The van der Waals surface area contributed by atoms with Crippen molar-refractivity contribution in [3.63, 3.8) is 0 Å². The Balaban J connectivity index is 1.88. The lowest BCUT2D eigenvalue weighted by Gasteiger charge is -2.31. The maximum atomic E-state index is 13.1. The lowest BCUT2D eigenvalue weighted by atomic mass is 10.1.